The summed E-state index contributed by atoms with van der Waals surface area (Å²) in [5, 5.41) is 9.70. The molecule has 0 radical (unpaired) electrons. The summed E-state index contributed by atoms with van der Waals surface area (Å²) in [5.41, 5.74) is 1.57. The number of carbonyl (C=O) groups is 3. The van der Waals surface area contributed by atoms with Gasteiger partial charge in [-0.15, -0.1) is 0 Å². The molecule has 2 aliphatic heterocycles. The molecule has 1 aromatic carbocycles. The van der Waals surface area contributed by atoms with Crippen LogP contribution in [-0.4, -0.2) is 46.9 Å². The Morgan fingerprint density at radius 1 is 1.15 bits per heavy atom. The number of carboxylic acid groups (broad SMARTS) is 1. The highest BCUT2D eigenvalue weighted by molar-refractivity contribution is 6.03. The van der Waals surface area contributed by atoms with Crippen molar-refractivity contribution in [1.82, 2.24) is 4.90 Å². The van der Waals surface area contributed by atoms with E-state index in [-0.39, 0.29) is 30.2 Å². The predicted octanol–water partition coefficient (Wildman–Crippen LogP) is 2.38. The van der Waals surface area contributed by atoms with E-state index >= 15 is 0 Å². The van der Waals surface area contributed by atoms with Crippen molar-refractivity contribution in [3.63, 3.8) is 0 Å². The number of carbonyl (C=O) groups excluding carboxylic acids is 2. The van der Waals surface area contributed by atoms with Gasteiger partial charge in [0.05, 0.1) is 5.92 Å². The largest absolute Gasteiger partial charge is 0.480 e. The van der Waals surface area contributed by atoms with Crippen molar-refractivity contribution in [1.29, 1.82) is 0 Å². The van der Waals surface area contributed by atoms with E-state index in [1.807, 2.05) is 24.3 Å². The molecule has 0 bridgehead atoms. The highest BCUT2D eigenvalue weighted by Crippen LogP contribution is 2.43. The van der Waals surface area contributed by atoms with Gasteiger partial charge >= 0.3 is 5.97 Å². The van der Waals surface area contributed by atoms with E-state index in [2.05, 4.69) is 0 Å². The summed E-state index contributed by atoms with van der Waals surface area (Å²) in [6.45, 7) is 0. The number of amides is 2. The maximum atomic E-state index is 13.5. The van der Waals surface area contributed by atoms with Crippen LogP contribution < -0.4 is 4.90 Å². The van der Waals surface area contributed by atoms with Crippen molar-refractivity contribution < 1.29 is 19.5 Å². The molecule has 26 heavy (non-hydrogen) atoms. The maximum Gasteiger partial charge on any atom is 0.326 e. The number of nitrogens with zero attached hydrogens (tertiary/aromatic N) is 2. The van der Waals surface area contributed by atoms with Gasteiger partial charge in [0.2, 0.25) is 11.8 Å². The molecule has 3 aliphatic rings. The van der Waals surface area contributed by atoms with Gasteiger partial charge in [0.25, 0.3) is 0 Å². The molecule has 1 aliphatic carbocycles. The zero-order chi connectivity index (χ0) is 18.4. The second-order valence-electron chi connectivity index (χ2n) is 7.72. The number of hydrogen-bond acceptors (Lipinski definition) is 3. The van der Waals surface area contributed by atoms with Crippen molar-refractivity contribution in [2.75, 3.05) is 11.9 Å². The Labute approximate surface area is 152 Å². The zero-order valence-corrected chi connectivity index (χ0v) is 14.9. The predicted molar refractivity (Wildman–Crippen MR) is 95.8 cm³/mol. The second kappa shape index (κ2) is 6.41. The fraction of sp³-hybridized carbons (Fsp3) is 0.550. The first-order valence-electron chi connectivity index (χ1n) is 9.39. The van der Waals surface area contributed by atoms with Crippen molar-refractivity contribution in [2.45, 2.75) is 56.5 Å². The number of benzene rings is 1. The molecule has 0 unspecified atom stereocenters. The summed E-state index contributed by atoms with van der Waals surface area (Å²) >= 11 is 0. The molecule has 2 heterocycles. The summed E-state index contributed by atoms with van der Waals surface area (Å²) in [6, 6.07) is 6.67. The van der Waals surface area contributed by atoms with Gasteiger partial charge < -0.3 is 14.9 Å². The fourth-order valence-corrected chi connectivity index (χ4v) is 5.04. The van der Waals surface area contributed by atoms with Gasteiger partial charge in [-0.1, -0.05) is 31.0 Å². The van der Waals surface area contributed by atoms with Gasteiger partial charge in [0, 0.05) is 25.2 Å². The van der Waals surface area contributed by atoms with E-state index in [0.29, 0.717) is 6.42 Å². The number of para-hydroxylation sites is 1. The first-order valence-corrected chi connectivity index (χ1v) is 9.39. The normalized spacial score (nSPS) is 30.7. The van der Waals surface area contributed by atoms with Gasteiger partial charge in [0.1, 0.15) is 6.04 Å². The first-order chi connectivity index (χ1) is 12.5. The lowest BCUT2D eigenvalue weighted by atomic mass is 9.84. The number of hydrogen-bond donors (Lipinski definition) is 1. The van der Waals surface area contributed by atoms with Crippen LogP contribution in [0.2, 0.25) is 0 Å². The van der Waals surface area contributed by atoms with Crippen LogP contribution in [-0.2, 0) is 14.4 Å². The minimum Gasteiger partial charge on any atom is -0.480 e. The van der Waals surface area contributed by atoms with Crippen LogP contribution in [0.1, 0.15) is 50.0 Å². The highest BCUT2D eigenvalue weighted by atomic mass is 16.4. The molecule has 0 spiro atoms. The zero-order valence-electron chi connectivity index (χ0n) is 14.9. The van der Waals surface area contributed by atoms with Gasteiger partial charge in [-0.3, -0.25) is 9.59 Å². The third kappa shape index (κ3) is 2.59. The molecule has 138 valence electrons. The minimum atomic E-state index is -0.930. The van der Waals surface area contributed by atoms with Crippen LogP contribution in [0.4, 0.5) is 5.69 Å². The Bertz CT molecular complexity index is 762. The van der Waals surface area contributed by atoms with E-state index < -0.39 is 17.9 Å². The quantitative estimate of drug-likeness (QED) is 0.882. The lowest BCUT2D eigenvalue weighted by Crippen LogP contribution is -2.49. The molecule has 6 heteroatoms. The van der Waals surface area contributed by atoms with Gasteiger partial charge in [0.15, 0.2) is 0 Å². The lowest BCUT2D eigenvalue weighted by molar-refractivity contribution is -0.151. The maximum absolute atomic E-state index is 13.5. The summed E-state index contributed by atoms with van der Waals surface area (Å²) in [5.74, 6) is -1.54. The number of anilines is 1. The van der Waals surface area contributed by atoms with E-state index in [0.717, 1.165) is 36.9 Å². The van der Waals surface area contributed by atoms with Crippen LogP contribution in [0.15, 0.2) is 24.3 Å². The molecule has 1 aromatic rings. The Morgan fingerprint density at radius 2 is 1.88 bits per heavy atom. The van der Waals surface area contributed by atoms with Gasteiger partial charge in [-0.2, -0.15) is 0 Å². The standard InChI is InChI=1S/C20H24N2O4/c1-21-16-9-5-3-7-13(16)14(11-18(21)23)19(24)22-15-8-4-2-6-12(15)10-17(22)20(25)26/h3,5,7,9,12,14-15,17H,2,4,6,8,10-11H2,1H3,(H,25,26)/t12-,14-,15+,17-/m0/s1. The second-order valence-corrected chi connectivity index (χ2v) is 7.72. The summed E-state index contributed by atoms with van der Waals surface area (Å²) in [6.07, 6.45) is 4.62. The first kappa shape index (κ1) is 17.1. The molecule has 4 rings (SSSR count). The van der Waals surface area contributed by atoms with Crippen LogP contribution in [0.5, 0.6) is 0 Å². The number of aliphatic carboxylic acids is 1. The molecule has 0 aromatic heterocycles. The minimum absolute atomic E-state index is 0.000676. The molecule has 1 saturated carbocycles. The Hall–Kier alpha value is -2.37. The Morgan fingerprint density at radius 3 is 2.65 bits per heavy atom. The van der Waals surface area contributed by atoms with Crippen LogP contribution in [0.3, 0.4) is 0 Å². The number of fused-ring (bicyclic) bond motifs is 2. The number of carboxylic acids is 1. The molecular weight excluding hydrogens is 332 g/mol. The van der Waals surface area contributed by atoms with Crippen LogP contribution in [0.25, 0.3) is 0 Å². The van der Waals surface area contributed by atoms with Crippen LogP contribution >= 0.6 is 0 Å². The van der Waals surface area contributed by atoms with E-state index in [1.165, 1.54) is 0 Å². The van der Waals surface area contributed by atoms with Crippen molar-refractivity contribution >= 4 is 23.5 Å². The summed E-state index contributed by atoms with van der Waals surface area (Å²) in [7, 11) is 1.72. The molecule has 6 nitrogen and oxygen atoms in total. The number of likely N-dealkylation sites (tertiary alicyclic amines) is 1. The Kier molecular flexibility index (Phi) is 4.21. The third-order valence-electron chi connectivity index (χ3n) is 6.35. The molecule has 2 amide bonds. The van der Waals surface area contributed by atoms with Crippen molar-refractivity contribution in [3.05, 3.63) is 29.8 Å². The molecular formula is C20H24N2O4. The average Bonchev–Trinajstić information content (AvgIpc) is 3.04. The summed E-state index contributed by atoms with van der Waals surface area (Å²) < 4.78 is 0. The van der Waals surface area contributed by atoms with E-state index in [1.54, 1.807) is 16.8 Å². The van der Waals surface area contributed by atoms with E-state index in [4.69, 9.17) is 0 Å². The Balaban J connectivity index is 1.71. The van der Waals surface area contributed by atoms with Gasteiger partial charge in [-0.25, -0.2) is 4.79 Å². The lowest BCUT2D eigenvalue weighted by Gasteiger charge is -2.38. The highest BCUT2D eigenvalue weighted by Gasteiger charge is 2.50. The average molecular weight is 356 g/mol. The van der Waals surface area contributed by atoms with E-state index in [9.17, 15) is 19.5 Å². The smallest absolute Gasteiger partial charge is 0.326 e. The topological polar surface area (TPSA) is 77.9 Å². The SMILES string of the molecule is CN1C(=O)C[C@H](C(=O)N2[C@@H]3CCCC[C@H]3C[C@H]2C(=O)O)c2ccccc21. The molecule has 2 fully saturated rings. The fourth-order valence-electron chi connectivity index (χ4n) is 5.04. The van der Waals surface area contributed by atoms with Crippen molar-refractivity contribution in [2.24, 2.45) is 5.92 Å². The van der Waals surface area contributed by atoms with Gasteiger partial charge in [-0.05, 0) is 36.8 Å². The molecule has 1 N–H and O–H groups in total. The molecule has 1 saturated heterocycles. The van der Waals surface area contributed by atoms with Crippen molar-refractivity contribution in [3.8, 4) is 0 Å². The third-order valence-corrected chi connectivity index (χ3v) is 6.35. The monoisotopic (exact) mass is 356 g/mol. The summed E-state index contributed by atoms with van der Waals surface area (Å²) in [4.78, 5) is 40.9. The number of rotatable bonds is 2. The molecule has 4 atom stereocenters. The van der Waals surface area contributed by atoms with Crippen LogP contribution in [0, 0.1) is 5.92 Å².